The van der Waals surface area contributed by atoms with E-state index in [1.807, 2.05) is 60.7 Å². The Balaban J connectivity index is 1.33. The minimum atomic E-state index is -3.43. The van der Waals surface area contributed by atoms with E-state index in [1.165, 1.54) is 9.71 Å². The second-order valence-corrected chi connectivity index (χ2v) is 8.59. The number of rotatable bonds is 6. The zero-order chi connectivity index (χ0) is 20.1. The molecule has 0 radical (unpaired) electrons. The molecule has 2 aromatic carbocycles. The maximum Gasteiger partial charge on any atom is 0.236 e. The lowest BCUT2D eigenvalue weighted by atomic mass is 10.2. The Morgan fingerprint density at radius 3 is 2.24 bits per heavy atom. The second-order valence-electron chi connectivity index (χ2n) is 6.77. The van der Waals surface area contributed by atoms with E-state index in [9.17, 15) is 8.42 Å². The highest BCUT2D eigenvalue weighted by molar-refractivity contribution is 7.92. The molecule has 1 fully saturated rings. The van der Waals surface area contributed by atoms with Crippen LogP contribution in [0.1, 0.15) is 5.56 Å². The van der Waals surface area contributed by atoms with Crippen LogP contribution in [0.15, 0.2) is 66.1 Å². The second kappa shape index (κ2) is 8.64. The highest BCUT2D eigenvalue weighted by Crippen LogP contribution is 2.14. The van der Waals surface area contributed by atoms with Gasteiger partial charge in [-0.1, -0.05) is 60.7 Å². The third-order valence-electron chi connectivity index (χ3n) is 4.73. The third-order valence-corrected chi connectivity index (χ3v) is 6.30. The van der Waals surface area contributed by atoms with Crippen LogP contribution in [-0.4, -0.2) is 64.0 Å². The van der Waals surface area contributed by atoms with Gasteiger partial charge in [-0.2, -0.15) is 4.31 Å². The van der Waals surface area contributed by atoms with E-state index >= 15 is 0 Å². The van der Waals surface area contributed by atoms with Crippen molar-refractivity contribution in [2.24, 2.45) is 0 Å². The van der Waals surface area contributed by atoms with E-state index < -0.39 is 10.0 Å². The molecule has 1 aliphatic rings. The number of benzene rings is 2. The Bertz CT molecular complexity index is 1060. The summed E-state index contributed by atoms with van der Waals surface area (Å²) in [7, 11) is -3.43. The van der Waals surface area contributed by atoms with Crippen LogP contribution < -0.4 is 0 Å². The maximum atomic E-state index is 12.6. The Hall–Kier alpha value is -2.88. The van der Waals surface area contributed by atoms with Gasteiger partial charge < -0.3 is 0 Å². The standard InChI is InChI=1S/C20H22N6O2S/c27-29(28,16-11-18-7-3-1-4-8-18)25-14-12-24(13-15-25)17-26-22-20(21-23-26)19-9-5-2-6-10-19/h1-11,16H,12-15,17H2/b16-11+. The summed E-state index contributed by atoms with van der Waals surface area (Å²) in [6.45, 7) is 2.57. The molecule has 0 bridgehead atoms. The Morgan fingerprint density at radius 1 is 0.897 bits per heavy atom. The SMILES string of the molecule is O=S(=O)(/C=C/c1ccccc1)N1CCN(Cn2nnc(-c3ccccc3)n2)CC1. The summed E-state index contributed by atoms with van der Waals surface area (Å²) in [4.78, 5) is 3.66. The van der Waals surface area contributed by atoms with Crippen molar-refractivity contribution in [3.63, 3.8) is 0 Å². The Morgan fingerprint density at radius 2 is 1.55 bits per heavy atom. The van der Waals surface area contributed by atoms with Crippen molar-refractivity contribution < 1.29 is 8.42 Å². The summed E-state index contributed by atoms with van der Waals surface area (Å²) < 4.78 is 26.6. The fourth-order valence-corrected chi connectivity index (χ4v) is 4.30. The molecule has 4 rings (SSSR count). The molecule has 29 heavy (non-hydrogen) atoms. The van der Waals surface area contributed by atoms with Gasteiger partial charge in [0.15, 0.2) is 0 Å². The van der Waals surface area contributed by atoms with Crippen LogP contribution in [0.5, 0.6) is 0 Å². The van der Waals surface area contributed by atoms with Crippen molar-refractivity contribution in [1.29, 1.82) is 0 Å². The number of sulfonamides is 1. The molecule has 0 amide bonds. The van der Waals surface area contributed by atoms with Crippen molar-refractivity contribution in [1.82, 2.24) is 29.4 Å². The van der Waals surface area contributed by atoms with E-state index in [1.54, 1.807) is 10.9 Å². The van der Waals surface area contributed by atoms with Crippen LogP contribution >= 0.6 is 0 Å². The first-order chi connectivity index (χ1) is 14.1. The molecule has 0 saturated carbocycles. The number of piperazine rings is 1. The number of nitrogens with zero attached hydrogens (tertiary/aromatic N) is 6. The number of aromatic nitrogens is 4. The molecular formula is C20H22N6O2S. The molecule has 2 heterocycles. The average molecular weight is 411 g/mol. The van der Waals surface area contributed by atoms with Crippen molar-refractivity contribution in [3.8, 4) is 11.4 Å². The van der Waals surface area contributed by atoms with Gasteiger partial charge in [-0.15, -0.1) is 15.0 Å². The van der Waals surface area contributed by atoms with E-state index in [2.05, 4.69) is 20.3 Å². The van der Waals surface area contributed by atoms with Gasteiger partial charge in [0.1, 0.15) is 6.67 Å². The summed E-state index contributed by atoms with van der Waals surface area (Å²) in [6, 6.07) is 19.1. The van der Waals surface area contributed by atoms with Gasteiger partial charge in [0, 0.05) is 37.2 Å². The lowest BCUT2D eigenvalue weighted by molar-refractivity contribution is 0.137. The minimum Gasteiger partial charge on any atom is -0.280 e. The quantitative estimate of drug-likeness (QED) is 0.617. The minimum absolute atomic E-state index is 0.432. The predicted octanol–water partition coefficient (Wildman–Crippen LogP) is 1.92. The molecular weight excluding hydrogens is 388 g/mol. The van der Waals surface area contributed by atoms with Crippen LogP contribution in [0.2, 0.25) is 0 Å². The Kier molecular flexibility index (Phi) is 5.79. The summed E-state index contributed by atoms with van der Waals surface area (Å²) >= 11 is 0. The molecule has 0 N–H and O–H groups in total. The van der Waals surface area contributed by atoms with Crippen LogP contribution in [0, 0.1) is 0 Å². The zero-order valence-electron chi connectivity index (χ0n) is 15.9. The van der Waals surface area contributed by atoms with Crippen LogP contribution in [-0.2, 0) is 16.7 Å². The number of tetrazole rings is 1. The highest BCUT2D eigenvalue weighted by Gasteiger charge is 2.25. The summed E-state index contributed by atoms with van der Waals surface area (Å²) in [6.07, 6.45) is 1.63. The van der Waals surface area contributed by atoms with Gasteiger partial charge in [0.2, 0.25) is 15.8 Å². The normalized spacial score (nSPS) is 16.4. The van der Waals surface area contributed by atoms with Gasteiger partial charge in [-0.25, -0.2) is 8.42 Å². The van der Waals surface area contributed by atoms with Crippen molar-refractivity contribution in [3.05, 3.63) is 71.6 Å². The lowest BCUT2D eigenvalue weighted by Crippen LogP contribution is -2.48. The largest absolute Gasteiger partial charge is 0.280 e. The summed E-state index contributed by atoms with van der Waals surface area (Å²) in [5.41, 5.74) is 1.78. The van der Waals surface area contributed by atoms with E-state index in [0.717, 1.165) is 11.1 Å². The number of hydrogen-bond acceptors (Lipinski definition) is 6. The first-order valence-electron chi connectivity index (χ1n) is 9.39. The number of hydrogen-bond donors (Lipinski definition) is 0. The van der Waals surface area contributed by atoms with Gasteiger partial charge in [0.25, 0.3) is 0 Å². The van der Waals surface area contributed by atoms with Crippen LogP contribution in [0.4, 0.5) is 0 Å². The molecule has 1 aromatic heterocycles. The molecule has 0 spiro atoms. The van der Waals surface area contributed by atoms with Gasteiger partial charge >= 0.3 is 0 Å². The fourth-order valence-electron chi connectivity index (χ4n) is 3.12. The van der Waals surface area contributed by atoms with E-state index in [4.69, 9.17) is 0 Å². The molecule has 0 atom stereocenters. The molecule has 1 saturated heterocycles. The molecule has 8 nitrogen and oxygen atoms in total. The monoisotopic (exact) mass is 410 g/mol. The molecule has 1 aliphatic heterocycles. The summed E-state index contributed by atoms with van der Waals surface area (Å²) in [5, 5.41) is 13.9. The Labute approximate surface area is 170 Å². The smallest absolute Gasteiger partial charge is 0.236 e. The predicted molar refractivity (Wildman–Crippen MR) is 111 cm³/mol. The summed E-state index contributed by atoms with van der Waals surface area (Å²) in [5.74, 6) is 0.581. The van der Waals surface area contributed by atoms with Crippen molar-refractivity contribution in [2.75, 3.05) is 26.2 Å². The van der Waals surface area contributed by atoms with Crippen molar-refractivity contribution >= 4 is 16.1 Å². The third kappa shape index (κ3) is 4.94. The highest BCUT2D eigenvalue weighted by atomic mass is 32.2. The molecule has 150 valence electrons. The van der Waals surface area contributed by atoms with Gasteiger partial charge in [-0.3, -0.25) is 4.90 Å². The molecule has 0 unspecified atom stereocenters. The molecule has 0 aliphatic carbocycles. The van der Waals surface area contributed by atoms with E-state index in [-0.39, 0.29) is 0 Å². The van der Waals surface area contributed by atoms with Crippen molar-refractivity contribution in [2.45, 2.75) is 6.67 Å². The van der Waals surface area contributed by atoms with Crippen LogP contribution in [0.25, 0.3) is 17.5 Å². The van der Waals surface area contributed by atoms with Crippen LogP contribution in [0.3, 0.4) is 0 Å². The average Bonchev–Trinajstić information content (AvgIpc) is 3.23. The zero-order valence-corrected chi connectivity index (χ0v) is 16.7. The molecule has 9 heteroatoms. The van der Waals surface area contributed by atoms with Gasteiger partial charge in [0.05, 0.1) is 0 Å². The van der Waals surface area contributed by atoms with E-state index in [0.29, 0.717) is 38.7 Å². The van der Waals surface area contributed by atoms with Gasteiger partial charge in [-0.05, 0) is 16.9 Å². The molecule has 3 aromatic rings. The first-order valence-corrected chi connectivity index (χ1v) is 10.9. The maximum absolute atomic E-state index is 12.6. The topological polar surface area (TPSA) is 84.2 Å². The lowest BCUT2D eigenvalue weighted by Gasteiger charge is -2.32. The first kappa shape index (κ1) is 19.4. The fraction of sp³-hybridized carbons (Fsp3) is 0.250.